The first kappa shape index (κ1) is 25.9. The molecule has 0 fully saturated rings. The molecule has 6 N–H and O–H groups in total. The average molecular weight is 454 g/mol. The maximum absolute atomic E-state index is 12.0. The Morgan fingerprint density at radius 1 is 1.03 bits per heavy atom. The van der Waals surface area contributed by atoms with Crippen molar-refractivity contribution in [1.82, 2.24) is 10.6 Å². The van der Waals surface area contributed by atoms with Crippen LogP contribution in [0.15, 0.2) is 48.5 Å². The third-order valence-electron chi connectivity index (χ3n) is 3.68. The SMILES string of the molecule is CNC(=O)c1ccc(C(=O)NCCOc2cccc(C(=N)N)c2)cc1.O=C(O)C(F)(F)F. The van der Waals surface area contributed by atoms with E-state index in [9.17, 15) is 22.8 Å². The fourth-order valence-corrected chi connectivity index (χ4v) is 2.11. The molecule has 0 aliphatic heterocycles. The summed E-state index contributed by atoms with van der Waals surface area (Å²) in [6, 6.07) is 13.3. The number of rotatable bonds is 7. The Kier molecular flexibility index (Phi) is 9.67. The van der Waals surface area contributed by atoms with Gasteiger partial charge in [0.25, 0.3) is 11.8 Å². The number of nitrogen functional groups attached to an aromatic ring is 1. The zero-order valence-corrected chi connectivity index (χ0v) is 16.8. The zero-order valence-electron chi connectivity index (χ0n) is 16.8. The van der Waals surface area contributed by atoms with E-state index in [1.807, 2.05) is 0 Å². The van der Waals surface area contributed by atoms with Crippen LogP contribution in [0, 0.1) is 5.41 Å². The minimum Gasteiger partial charge on any atom is -0.492 e. The molecule has 0 aliphatic carbocycles. The molecule has 0 bridgehead atoms. The fraction of sp³-hybridized carbons (Fsp3) is 0.200. The number of hydrogen-bond acceptors (Lipinski definition) is 5. The highest BCUT2D eigenvalue weighted by molar-refractivity contribution is 5.97. The van der Waals surface area contributed by atoms with Crippen LogP contribution in [0.1, 0.15) is 26.3 Å². The molecule has 32 heavy (non-hydrogen) atoms. The molecule has 9 nitrogen and oxygen atoms in total. The average Bonchev–Trinajstić information content (AvgIpc) is 2.76. The summed E-state index contributed by atoms with van der Waals surface area (Å²) >= 11 is 0. The van der Waals surface area contributed by atoms with Gasteiger partial charge in [0.2, 0.25) is 0 Å². The van der Waals surface area contributed by atoms with Crippen LogP contribution < -0.4 is 21.1 Å². The minimum absolute atomic E-state index is 0.0287. The third kappa shape index (κ3) is 8.73. The molecule has 12 heteroatoms. The van der Waals surface area contributed by atoms with Gasteiger partial charge in [-0.15, -0.1) is 0 Å². The van der Waals surface area contributed by atoms with Crippen LogP contribution in [-0.2, 0) is 4.79 Å². The molecule has 0 atom stereocenters. The number of carboxylic acid groups (broad SMARTS) is 1. The van der Waals surface area contributed by atoms with Gasteiger partial charge >= 0.3 is 12.1 Å². The topological polar surface area (TPSA) is 155 Å². The summed E-state index contributed by atoms with van der Waals surface area (Å²) in [5, 5.41) is 19.8. The first-order chi connectivity index (χ1) is 15.0. The van der Waals surface area contributed by atoms with E-state index in [-0.39, 0.29) is 24.3 Å². The number of nitrogens with two attached hydrogens (primary N) is 1. The van der Waals surface area contributed by atoms with Crippen molar-refractivity contribution in [3.8, 4) is 5.75 Å². The number of alkyl halides is 3. The van der Waals surface area contributed by atoms with Gasteiger partial charge in [0, 0.05) is 23.7 Å². The smallest absolute Gasteiger partial charge is 0.490 e. The van der Waals surface area contributed by atoms with E-state index in [1.165, 1.54) is 0 Å². The minimum atomic E-state index is -5.08. The van der Waals surface area contributed by atoms with E-state index in [1.54, 1.807) is 55.6 Å². The summed E-state index contributed by atoms with van der Waals surface area (Å²) in [7, 11) is 1.55. The van der Waals surface area contributed by atoms with Crippen LogP contribution in [0.5, 0.6) is 5.75 Å². The summed E-state index contributed by atoms with van der Waals surface area (Å²) in [5.74, 6) is -2.65. The van der Waals surface area contributed by atoms with Gasteiger partial charge in [-0.1, -0.05) is 12.1 Å². The molecular formula is C20H21F3N4O5. The molecule has 0 aromatic heterocycles. The third-order valence-corrected chi connectivity index (χ3v) is 3.68. The van der Waals surface area contributed by atoms with Crippen molar-refractivity contribution in [2.45, 2.75) is 6.18 Å². The molecule has 0 unspecified atom stereocenters. The molecule has 0 saturated heterocycles. The van der Waals surface area contributed by atoms with Gasteiger partial charge in [-0.2, -0.15) is 13.2 Å². The summed E-state index contributed by atoms with van der Waals surface area (Å²) < 4.78 is 37.3. The Bertz CT molecular complexity index is 962. The second kappa shape index (κ2) is 11.9. The molecular weight excluding hydrogens is 433 g/mol. The van der Waals surface area contributed by atoms with Crippen molar-refractivity contribution in [2.24, 2.45) is 5.73 Å². The van der Waals surface area contributed by atoms with Gasteiger partial charge in [-0.3, -0.25) is 15.0 Å². The van der Waals surface area contributed by atoms with E-state index in [0.29, 0.717) is 29.0 Å². The maximum Gasteiger partial charge on any atom is 0.490 e. The lowest BCUT2D eigenvalue weighted by molar-refractivity contribution is -0.192. The van der Waals surface area contributed by atoms with Crippen LogP contribution in [0.25, 0.3) is 0 Å². The van der Waals surface area contributed by atoms with E-state index in [0.717, 1.165) is 0 Å². The number of benzene rings is 2. The molecule has 0 radical (unpaired) electrons. The Hall–Kier alpha value is -4.09. The van der Waals surface area contributed by atoms with Crippen molar-refractivity contribution in [3.05, 3.63) is 65.2 Å². The molecule has 0 spiro atoms. The number of halogens is 3. The van der Waals surface area contributed by atoms with Crippen LogP contribution in [0.3, 0.4) is 0 Å². The van der Waals surface area contributed by atoms with Crippen molar-refractivity contribution >= 4 is 23.6 Å². The first-order valence-electron chi connectivity index (χ1n) is 8.93. The van der Waals surface area contributed by atoms with Gasteiger partial charge in [-0.25, -0.2) is 4.79 Å². The summed E-state index contributed by atoms with van der Waals surface area (Å²) in [5.41, 5.74) is 6.96. The Morgan fingerprint density at radius 3 is 2.03 bits per heavy atom. The van der Waals surface area contributed by atoms with E-state index >= 15 is 0 Å². The lowest BCUT2D eigenvalue weighted by Crippen LogP contribution is -2.28. The molecule has 0 aliphatic rings. The number of amides is 2. The maximum atomic E-state index is 12.0. The van der Waals surface area contributed by atoms with Crippen LogP contribution in [-0.4, -0.2) is 55.1 Å². The quantitative estimate of drug-likeness (QED) is 0.244. The number of amidine groups is 1. The van der Waals surface area contributed by atoms with E-state index in [2.05, 4.69) is 10.6 Å². The standard InChI is InChI=1S/C18H20N4O3.C2HF3O2/c1-21-17(23)12-5-7-13(8-6-12)18(24)22-9-10-25-15-4-2-3-14(11-15)16(19)20;3-2(4,5)1(6)7/h2-8,11H,9-10H2,1H3,(H3,19,20)(H,21,23)(H,22,24);(H,6,7). The van der Waals surface area contributed by atoms with Gasteiger partial charge in [0.1, 0.15) is 18.2 Å². The highest BCUT2D eigenvalue weighted by Gasteiger charge is 2.38. The van der Waals surface area contributed by atoms with Crippen molar-refractivity contribution in [1.29, 1.82) is 5.41 Å². The molecule has 2 amide bonds. The summed E-state index contributed by atoms with van der Waals surface area (Å²) in [4.78, 5) is 32.4. The first-order valence-corrected chi connectivity index (χ1v) is 8.93. The van der Waals surface area contributed by atoms with Crippen LogP contribution in [0.2, 0.25) is 0 Å². The Labute approximate surface area is 180 Å². The van der Waals surface area contributed by atoms with Gasteiger partial charge in [0.15, 0.2) is 0 Å². The zero-order chi connectivity index (χ0) is 24.3. The summed E-state index contributed by atoms with van der Waals surface area (Å²) in [6.45, 7) is 0.601. The number of carbonyl (C=O) groups is 3. The predicted octanol–water partition coefficient (Wildman–Crippen LogP) is 1.77. The number of ether oxygens (including phenoxy) is 1. The van der Waals surface area contributed by atoms with Crippen LogP contribution >= 0.6 is 0 Å². The molecule has 0 saturated carbocycles. The molecule has 0 heterocycles. The number of carbonyl (C=O) groups excluding carboxylic acids is 2. The number of nitrogens with one attached hydrogen (secondary N) is 3. The number of aliphatic carboxylic acids is 1. The van der Waals surface area contributed by atoms with E-state index < -0.39 is 12.1 Å². The van der Waals surface area contributed by atoms with Crippen molar-refractivity contribution in [2.75, 3.05) is 20.2 Å². The highest BCUT2D eigenvalue weighted by Crippen LogP contribution is 2.13. The van der Waals surface area contributed by atoms with Crippen molar-refractivity contribution < 1.29 is 37.4 Å². The van der Waals surface area contributed by atoms with Crippen LogP contribution in [0.4, 0.5) is 13.2 Å². The van der Waals surface area contributed by atoms with Gasteiger partial charge in [-0.05, 0) is 36.4 Å². The normalized spacial score (nSPS) is 10.2. The number of hydrogen-bond donors (Lipinski definition) is 5. The highest BCUT2D eigenvalue weighted by atomic mass is 19.4. The Morgan fingerprint density at radius 2 is 1.56 bits per heavy atom. The largest absolute Gasteiger partial charge is 0.492 e. The van der Waals surface area contributed by atoms with Crippen molar-refractivity contribution in [3.63, 3.8) is 0 Å². The number of carboxylic acids is 1. The fourth-order valence-electron chi connectivity index (χ4n) is 2.11. The van der Waals surface area contributed by atoms with E-state index in [4.69, 9.17) is 25.8 Å². The van der Waals surface area contributed by atoms with Gasteiger partial charge < -0.3 is 26.2 Å². The lowest BCUT2D eigenvalue weighted by atomic mass is 10.1. The summed E-state index contributed by atoms with van der Waals surface area (Å²) in [6.07, 6.45) is -5.08. The second-order valence-corrected chi connectivity index (χ2v) is 6.01. The molecule has 2 aromatic carbocycles. The molecule has 2 aromatic rings. The van der Waals surface area contributed by atoms with Gasteiger partial charge in [0.05, 0.1) is 6.54 Å². The molecule has 172 valence electrons. The lowest BCUT2D eigenvalue weighted by Gasteiger charge is -2.09. The molecule has 2 rings (SSSR count). The Balaban J connectivity index is 0.000000633. The predicted molar refractivity (Wildman–Crippen MR) is 109 cm³/mol. The monoisotopic (exact) mass is 454 g/mol. The second-order valence-electron chi connectivity index (χ2n) is 6.01.